The van der Waals surface area contributed by atoms with Crippen LogP contribution in [0, 0.1) is 0 Å². The Kier molecular flexibility index (Phi) is 2.62. The van der Waals surface area contributed by atoms with Crippen molar-refractivity contribution in [3.05, 3.63) is 23.8 Å². The Morgan fingerprint density at radius 1 is 1.43 bits per heavy atom. The zero-order chi connectivity index (χ0) is 9.97. The number of hydrogen-bond acceptors (Lipinski definition) is 2. The average Bonchev–Trinajstić information content (AvgIpc) is 2.62. The highest BCUT2D eigenvalue weighted by molar-refractivity contribution is 5.67. The van der Waals surface area contributed by atoms with Gasteiger partial charge in [-0.25, -0.2) is 0 Å². The molecule has 0 aliphatic carbocycles. The van der Waals surface area contributed by atoms with Crippen molar-refractivity contribution in [2.75, 3.05) is 25.1 Å². The van der Waals surface area contributed by atoms with Gasteiger partial charge in [-0.3, -0.25) is 0 Å². The molecular formula is C12H17NO. The molecule has 76 valence electrons. The summed E-state index contributed by atoms with van der Waals surface area (Å²) >= 11 is 0. The molecule has 1 aromatic rings. The fourth-order valence-electron chi connectivity index (χ4n) is 2.15. The van der Waals surface area contributed by atoms with Gasteiger partial charge < -0.3 is 9.64 Å². The lowest BCUT2D eigenvalue weighted by molar-refractivity contribution is 0.415. The zero-order valence-corrected chi connectivity index (χ0v) is 8.92. The number of anilines is 1. The summed E-state index contributed by atoms with van der Waals surface area (Å²) in [6, 6.07) is 6.33. The summed E-state index contributed by atoms with van der Waals surface area (Å²) in [5.74, 6) is 1.02. The first-order valence-electron chi connectivity index (χ1n) is 5.27. The summed E-state index contributed by atoms with van der Waals surface area (Å²) in [4.78, 5) is 2.42. The number of rotatable bonds is 3. The van der Waals surface area contributed by atoms with Crippen molar-refractivity contribution in [3.8, 4) is 5.75 Å². The lowest BCUT2D eigenvalue weighted by Crippen LogP contribution is -2.21. The van der Waals surface area contributed by atoms with Crippen molar-refractivity contribution in [2.45, 2.75) is 19.8 Å². The molecule has 0 fully saturated rings. The largest absolute Gasteiger partial charge is 0.495 e. The molecule has 0 N–H and O–H groups in total. The van der Waals surface area contributed by atoms with Crippen LogP contribution < -0.4 is 9.64 Å². The van der Waals surface area contributed by atoms with E-state index in [9.17, 15) is 0 Å². The van der Waals surface area contributed by atoms with E-state index in [4.69, 9.17) is 4.74 Å². The number of ether oxygens (including phenoxy) is 1. The second-order valence-electron chi connectivity index (χ2n) is 3.71. The highest BCUT2D eigenvalue weighted by Gasteiger charge is 2.21. The molecule has 1 aliphatic heterocycles. The SMILES string of the molecule is CCCN1CCc2cccc(OC)c21. The molecule has 0 amide bonds. The molecule has 2 rings (SSSR count). The molecule has 14 heavy (non-hydrogen) atoms. The van der Waals surface area contributed by atoms with E-state index in [-0.39, 0.29) is 0 Å². The van der Waals surface area contributed by atoms with E-state index in [2.05, 4.69) is 24.0 Å². The summed E-state index contributed by atoms with van der Waals surface area (Å²) in [6.45, 7) is 4.49. The van der Waals surface area contributed by atoms with Crippen molar-refractivity contribution >= 4 is 5.69 Å². The molecule has 0 radical (unpaired) electrons. The lowest BCUT2D eigenvalue weighted by atomic mass is 10.1. The quantitative estimate of drug-likeness (QED) is 0.727. The maximum absolute atomic E-state index is 5.39. The number of hydrogen-bond donors (Lipinski definition) is 0. The van der Waals surface area contributed by atoms with Crippen molar-refractivity contribution < 1.29 is 4.74 Å². The third kappa shape index (κ3) is 1.45. The molecule has 0 atom stereocenters. The Balaban J connectivity index is 2.35. The van der Waals surface area contributed by atoms with Crippen LogP contribution in [0.15, 0.2) is 18.2 Å². The maximum Gasteiger partial charge on any atom is 0.142 e. The number of para-hydroxylation sites is 1. The van der Waals surface area contributed by atoms with Crippen LogP contribution in [-0.4, -0.2) is 20.2 Å². The van der Waals surface area contributed by atoms with E-state index < -0.39 is 0 Å². The van der Waals surface area contributed by atoms with Gasteiger partial charge in [0.15, 0.2) is 0 Å². The van der Waals surface area contributed by atoms with Gasteiger partial charge in [0.05, 0.1) is 12.8 Å². The smallest absolute Gasteiger partial charge is 0.142 e. The Bertz CT molecular complexity index is 320. The number of nitrogens with zero attached hydrogens (tertiary/aromatic N) is 1. The van der Waals surface area contributed by atoms with Crippen molar-refractivity contribution in [1.82, 2.24) is 0 Å². The monoisotopic (exact) mass is 191 g/mol. The van der Waals surface area contributed by atoms with Crippen molar-refractivity contribution in [2.24, 2.45) is 0 Å². The number of benzene rings is 1. The Morgan fingerprint density at radius 3 is 3.00 bits per heavy atom. The van der Waals surface area contributed by atoms with Gasteiger partial charge in [-0.15, -0.1) is 0 Å². The molecule has 2 nitrogen and oxygen atoms in total. The van der Waals surface area contributed by atoms with E-state index in [0.29, 0.717) is 0 Å². The third-order valence-corrected chi connectivity index (χ3v) is 2.76. The van der Waals surface area contributed by atoms with Gasteiger partial charge >= 0.3 is 0 Å². The topological polar surface area (TPSA) is 12.5 Å². The Hall–Kier alpha value is -1.18. The maximum atomic E-state index is 5.39. The van der Waals surface area contributed by atoms with Crippen LogP contribution in [-0.2, 0) is 6.42 Å². The summed E-state index contributed by atoms with van der Waals surface area (Å²) in [5.41, 5.74) is 2.75. The molecule has 0 saturated carbocycles. The van der Waals surface area contributed by atoms with Crippen LogP contribution in [0.5, 0.6) is 5.75 Å². The van der Waals surface area contributed by atoms with E-state index in [0.717, 1.165) is 25.3 Å². The van der Waals surface area contributed by atoms with Crippen molar-refractivity contribution in [3.63, 3.8) is 0 Å². The lowest BCUT2D eigenvalue weighted by Gasteiger charge is -2.20. The normalized spacial score (nSPS) is 14.3. The van der Waals surface area contributed by atoms with Gasteiger partial charge in [0.2, 0.25) is 0 Å². The Labute approximate surface area is 85.5 Å². The van der Waals surface area contributed by atoms with E-state index in [1.54, 1.807) is 7.11 Å². The molecule has 0 spiro atoms. The molecule has 1 aromatic carbocycles. The Morgan fingerprint density at radius 2 is 2.29 bits per heavy atom. The van der Waals surface area contributed by atoms with Crippen LogP contribution in [0.4, 0.5) is 5.69 Å². The van der Waals surface area contributed by atoms with Crippen LogP contribution in [0.3, 0.4) is 0 Å². The van der Waals surface area contributed by atoms with Gasteiger partial charge in [0.25, 0.3) is 0 Å². The molecule has 0 unspecified atom stereocenters. The molecule has 0 bridgehead atoms. The van der Waals surface area contributed by atoms with E-state index >= 15 is 0 Å². The van der Waals surface area contributed by atoms with Crippen LogP contribution in [0.25, 0.3) is 0 Å². The van der Waals surface area contributed by atoms with E-state index in [1.807, 2.05) is 6.07 Å². The van der Waals surface area contributed by atoms with Gasteiger partial charge in [-0.05, 0) is 24.5 Å². The van der Waals surface area contributed by atoms with Gasteiger partial charge in [-0.1, -0.05) is 19.1 Å². The zero-order valence-electron chi connectivity index (χ0n) is 8.92. The molecule has 0 aromatic heterocycles. The minimum atomic E-state index is 1.02. The van der Waals surface area contributed by atoms with Gasteiger partial charge in [0.1, 0.15) is 5.75 Å². The fraction of sp³-hybridized carbons (Fsp3) is 0.500. The van der Waals surface area contributed by atoms with Crippen LogP contribution in [0.2, 0.25) is 0 Å². The first-order chi connectivity index (χ1) is 6.86. The molecule has 2 heteroatoms. The first-order valence-corrected chi connectivity index (χ1v) is 5.27. The van der Waals surface area contributed by atoms with E-state index in [1.165, 1.54) is 17.7 Å². The molecule has 1 aliphatic rings. The first kappa shape index (κ1) is 9.38. The highest BCUT2D eigenvalue weighted by Crippen LogP contribution is 2.36. The predicted molar refractivity (Wildman–Crippen MR) is 59.2 cm³/mol. The molecule has 0 saturated heterocycles. The number of methoxy groups -OCH3 is 1. The summed E-state index contributed by atoms with van der Waals surface area (Å²) in [7, 11) is 1.75. The van der Waals surface area contributed by atoms with Crippen molar-refractivity contribution in [1.29, 1.82) is 0 Å². The van der Waals surface area contributed by atoms with Crippen LogP contribution in [0.1, 0.15) is 18.9 Å². The number of fused-ring (bicyclic) bond motifs is 1. The van der Waals surface area contributed by atoms with Crippen LogP contribution >= 0.6 is 0 Å². The fourth-order valence-corrected chi connectivity index (χ4v) is 2.15. The minimum Gasteiger partial charge on any atom is -0.495 e. The second-order valence-corrected chi connectivity index (χ2v) is 3.71. The minimum absolute atomic E-state index is 1.02. The third-order valence-electron chi connectivity index (χ3n) is 2.76. The molecule has 1 heterocycles. The predicted octanol–water partition coefficient (Wildman–Crippen LogP) is 2.47. The summed E-state index contributed by atoms with van der Waals surface area (Å²) < 4.78 is 5.39. The van der Waals surface area contributed by atoms with Gasteiger partial charge in [-0.2, -0.15) is 0 Å². The second kappa shape index (κ2) is 3.91. The standard InChI is InChI=1S/C12H17NO/c1-3-8-13-9-7-10-5-4-6-11(14-2)12(10)13/h4-6H,3,7-9H2,1-2H3. The van der Waals surface area contributed by atoms with Gasteiger partial charge in [0, 0.05) is 13.1 Å². The highest BCUT2D eigenvalue weighted by atomic mass is 16.5. The molecular weight excluding hydrogens is 174 g/mol. The average molecular weight is 191 g/mol. The summed E-state index contributed by atoms with van der Waals surface area (Å²) in [5, 5.41) is 0. The summed E-state index contributed by atoms with van der Waals surface area (Å²) in [6.07, 6.45) is 2.35.